The summed E-state index contributed by atoms with van der Waals surface area (Å²) in [5.41, 5.74) is 2.16. The van der Waals surface area contributed by atoms with Crippen molar-refractivity contribution in [2.24, 2.45) is 0 Å². The SMILES string of the molecule is c1cnc2c(N3CCC(OCCO[C@@H]4CCOC4)CC3)cncc2c1. The van der Waals surface area contributed by atoms with Crippen LogP contribution >= 0.6 is 0 Å². The molecule has 1 atom stereocenters. The van der Waals surface area contributed by atoms with Crippen LogP contribution in [0.3, 0.4) is 0 Å². The summed E-state index contributed by atoms with van der Waals surface area (Å²) in [5, 5.41) is 1.09. The molecule has 2 fully saturated rings. The molecule has 0 amide bonds. The van der Waals surface area contributed by atoms with Gasteiger partial charge in [0.1, 0.15) is 0 Å². The molecule has 0 saturated carbocycles. The predicted octanol–water partition coefficient (Wildman–Crippen LogP) is 2.42. The molecule has 0 unspecified atom stereocenters. The van der Waals surface area contributed by atoms with Gasteiger partial charge in [-0.05, 0) is 31.4 Å². The Bertz CT molecular complexity index is 677. The van der Waals surface area contributed by atoms with Gasteiger partial charge in [0.25, 0.3) is 0 Å². The lowest BCUT2D eigenvalue weighted by Crippen LogP contribution is -2.37. The first-order chi connectivity index (χ1) is 12.4. The van der Waals surface area contributed by atoms with Crippen molar-refractivity contribution in [2.45, 2.75) is 31.5 Å². The average molecular weight is 343 g/mol. The molecule has 4 rings (SSSR count). The van der Waals surface area contributed by atoms with Crippen LogP contribution in [0.5, 0.6) is 0 Å². The summed E-state index contributed by atoms with van der Waals surface area (Å²) >= 11 is 0. The second-order valence-electron chi connectivity index (χ2n) is 6.65. The highest BCUT2D eigenvalue weighted by atomic mass is 16.6. The molecule has 0 aromatic carbocycles. The molecule has 25 heavy (non-hydrogen) atoms. The van der Waals surface area contributed by atoms with Crippen LogP contribution in [0.25, 0.3) is 10.9 Å². The Morgan fingerprint density at radius 3 is 2.72 bits per heavy atom. The molecule has 0 bridgehead atoms. The molecule has 2 aromatic heterocycles. The van der Waals surface area contributed by atoms with Gasteiger partial charge in [0.05, 0.1) is 49.4 Å². The normalized spacial score (nSPS) is 21.9. The van der Waals surface area contributed by atoms with Crippen molar-refractivity contribution < 1.29 is 14.2 Å². The quantitative estimate of drug-likeness (QED) is 0.751. The molecule has 0 spiro atoms. The largest absolute Gasteiger partial charge is 0.379 e. The molecular formula is C19H25N3O3. The standard InChI is InChI=1S/C19H25N3O3/c1-2-15-12-20-13-18(19(15)21-6-1)22-7-3-16(4-8-22)24-10-11-25-17-5-9-23-14-17/h1-2,6,12-13,16-17H,3-5,7-11,14H2/t17-/m1/s1. The van der Waals surface area contributed by atoms with E-state index in [0.29, 0.717) is 19.3 Å². The van der Waals surface area contributed by atoms with E-state index < -0.39 is 0 Å². The predicted molar refractivity (Wildman–Crippen MR) is 95.9 cm³/mol. The van der Waals surface area contributed by atoms with Gasteiger partial charge in [0.15, 0.2) is 0 Å². The van der Waals surface area contributed by atoms with Gasteiger partial charge in [-0.25, -0.2) is 0 Å². The summed E-state index contributed by atoms with van der Waals surface area (Å²) in [6.45, 7) is 4.82. The third-order valence-corrected chi connectivity index (χ3v) is 4.95. The number of fused-ring (bicyclic) bond motifs is 1. The zero-order valence-corrected chi connectivity index (χ0v) is 14.5. The fourth-order valence-electron chi connectivity index (χ4n) is 3.55. The van der Waals surface area contributed by atoms with Crippen molar-refractivity contribution in [3.05, 3.63) is 30.7 Å². The summed E-state index contributed by atoms with van der Waals surface area (Å²) in [5.74, 6) is 0. The van der Waals surface area contributed by atoms with E-state index in [-0.39, 0.29) is 6.10 Å². The van der Waals surface area contributed by atoms with Crippen LogP contribution in [0.15, 0.2) is 30.7 Å². The van der Waals surface area contributed by atoms with E-state index in [2.05, 4.69) is 20.9 Å². The van der Waals surface area contributed by atoms with Crippen molar-refractivity contribution in [1.29, 1.82) is 0 Å². The highest BCUT2D eigenvalue weighted by molar-refractivity contribution is 5.89. The number of nitrogens with zero attached hydrogens (tertiary/aromatic N) is 3. The third kappa shape index (κ3) is 4.08. The number of pyridine rings is 2. The van der Waals surface area contributed by atoms with Gasteiger partial charge < -0.3 is 19.1 Å². The van der Waals surface area contributed by atoms with Crippen LogP contribution in [-0.4, -0.2) is 61.7 Å². The number of hydrogen-bond donors (Lipinski definition) is 0. The molecule has 4 heterocycles. The van der Waals surface area contributed by atoms with Crippen LogP contribution in [0.4, 0.5) is 5.69 Å². The van der Waals surface area contributed by atoms with E-state index in [1.54, 1.807) is 0 Å². The lowest BCUT2D eigenvalue weighted by Gasteiger charge is -2.33. The zero-order chi connectivity index (χ0) is 16.9. The van der Waals surface area contributed by atoms with Gasteiger partial charge in [0, 0.05) is 37.5 Å². The van der Waals surface area contributed by atoms with E-state index in [9.17, 15) is 0 Å². The molecule has 6 heteroatoms. The van der Waals surface area contributed by atoms with Crippen molar-refractivity contribution in [3.63, 3.8) is 0 Å². The molecular weight excluding hydrogens is 318 g/mol. The first-order valence-corrected chi connectivity index (χ1v) is 9.15. The van der Waals surface area contributed by atoms with Crippen LogP contribution in [0.2, 0.25) is 0 Å². The lowest BCUT2D eigenvalue weighted by atomic mass is 10.1. The second-order valence-corrected chi connectivity index (χ2v) is 6.65. The maximum Gasteiger partial charge on any atom is 0.0966 e. The van der Waals surface area contributed by atoms with E-state index in [4.69, 9.17) is 14.2 Å². The topological polar surface area (TPSA) is 56.7 Å². The Hall–Kier alpha value is -1.76. The van der Waals surface area contributed by atoms with Crippen molar-refractivity contribution in [2.75, 3.05) is 44.4 Å². The minimum Gasteiger partial charge on any atom is -0.379 e. The number of anilines is 1. The van der Waals surface area contributed by atoms with Gasteiger partial charge in [-0.15, -0.1) is 0 Å². The van der Waals surface area contributed by atoms with Crippen molar-refractivity contribution in [1.82, 2.24) is 9.97 Å². The Morgan fingerprint density at radius 2 is 1.92 bits per heavy atom. The van der Waals surface area contributed by atoms with Crippen LogP contribution in [-0.2, 0) is 14.2 Å². The summed E-state index contributed by atoms with van der Waals surface area (Å²) in [7, 11) is 0. The molecule has 2 aromatic rings. The Balaban J connectivity index is 1.25. The Kier molecular flexibility index (Phi) is 5.40. The minimum absolute atomic E-state index is 0.261. The molecule has 0 radical (unpaired) electrons. The van der Waals surface area contributed by atoms with Crippen molar-refractivity contribution >= 4 is 16.6 Å². The second kappa shape index (κ2) is 8.08. The summed E-state index contributed by atoms with van der Waals surface area (Å²) < 4.78 is 17.1. The summed E-state index contributed by atoms with van der Waals surface area (Å²) in [6.07, 6.45) is 9.27. The first-order valence-electron chi connectivity index (χ1n) is 9.15. The minimum atomic E-state index is 0.261. The van der Waals surface area contributed by atoms with E-state index in [0.717, 1.165) is 62.2 Å². The summed E-state index contributed by atoms with van der Waals surface area (Å²) in [4.78, 5) is 11.3. The van der Waals surface area contributed by atoms with E-state index >= 15 is 0 Å². The number of piperidine rings is 1. The highest BCUT2D eigenvalue weighted by Gasteiger charge is 2.22. The molecule has 134 valence electrons. The monoisotopic (exact) mass is 343 g/mol. The number of ether oxygens (including phenoxy) is 3. The van der Waals surface area contributed by atoms with E-state index in [1.165, 1.54) is 0 Å². The maximum atomic E-state index is 5.99. The highest BCUT2D eigenvalue weighted by Crippen LogP contribution is 2.26. The van der Waals surface area contributed by atoms with Gasteiger partial charge in [-0.3, -0.25) is 9.97 Å². The lowest BCUT2D eigenvalue weighted by molar-refractivity contribution is -0.0294. The van der Waals surface area contributed by atoms with Gasteiger partial charge in [0.2, 0.25) is 0 Å². The Labute approximate surface area is 148 Å². The summed E-state index contributed by atoms with van der Waals surface area (Å²) in [6, 6.07) is 4.01. The molecule has 0 N–H and O–H groups in total. The maximum absolute atomic E-state index is 5.99. The van der Waals surface area contributed by atoms with Crippen LogP contribution in [0, 0.1) is 0 Å². The first kappa shape index (κ1) is 16.7. The molecule has 2 saturated heterocycles. The number of aromatic nitrogens is 2. The smallest absolute Gasteiger partial charge is 0.0966 e. The fraction of sp³-hybridized carbons (Fsp3) is 0.579. The van der Waals surface area contributed by atoms with Crippen LogP contribution < -0.4 is 4.90 Å². The number of hydrogen-bond acceptors (Lipinski definition) is 6. The van der Waals surface area contributed by atoms with Gasteiger partial charge >= 0.3 is 0 Å². The molecule has 6 nitrogen and oxygen atoms in total. The molecule has 2 aliphatic heterocycles. The van der Waals surface area contributed by atoms with Gasteiger partial charge in [-0.2, -0.15) is 0 Å². The van der Waals surface area contributed by atoms with Gasteiger partial charge in [-0.1, -0.05) is 0 Å². The number of rotatable bonds is 6. The third-order valence-electron chi connectivity index (χ3n) is 4.95. The van der Waals surface area contributed by atoms with Crippen LogP contribution in [0.1, 0.15) is 19.3 Å². The molecule has 0 aliphatic carbocycles. The zero-order valence-electron chi connectivity index (χ0n) is 14.5. The Morgan fingerprint density at radius 1 is 1.08 bits per heavy atom. The van der Waals surface area contributed by atoms with E-state index in [1.807, 2.05) is 24.7 Å². The fourth-order valence-corrected chi connectivity index (χ4v) is 3.55. The molecule has 2 aliphatic rings. The average Bonchev–Trinajstić information content (AvgIpc) is 3.19. The van der Waals surface area contributed by atoms with Crippen molar-refractivity contribution in [3.8, 4) is 0 Å².